The van der Waals surface area contributed by atoms with Crippen LogP contribution in [0.5, 0.6) is 11.6 Å². The number of aromatic nitrogens is 4. The summed E-state index contributed by atoms with van der Waals surface area (Å²) < 4.78 is 10.9. The van der Waals surface area contributed by atoms with Gasteiger partial charge < -0.3 is 9.47 Å². The molecule has 0 atom stereocenters. The Balaban J connectivity index is 1.96. The van der Waals surface area contributed by atoms with Gasteiger partial charge in [0.25, 0.3) is 0 Å². The molecule has 1 aromatic carbocycles. The Morgan fingerprint density at radius 3 is 3.05 bits per heavy atom. The Bertz CT molecular complexity index is 744. The van der Waals surface area contributed by atoms with E-state index in [4.69, 9.17) is 21.1 Å². The summed E-state index contributed by atoms with van der Waals surface area (Å²) in [5.74, 6) is 1.01. The number of halogens is 1. The van der Waals surface area contributed by atoms with Gasteiger partial charge in [0, 0.05) is 7.11 Å². The minimum Gasteiger partial charge on any atom is -0.438 e. The van der Waals surface area contributed by atoms with Gasteiger partial charge in [-0.25, -0.2) is 0 Å². The average molecular weight is 291 g/mol. The lowest BCUT2D eigenvalue weighted by atomic mass is 10.2. The smallest absolute Gasteiger partial charge is 0.234 e. The maximum absolute atomic E-state index is 5.86. The first-order valence-corrected chi connectivity index (χ1v) is 6.26. The van der Waals surface area contributed by atoms with Crippen molar-refractivity contribution < 1.29 is 9.47 Å². The van der Waals surface area contributed by atoms with E-state index in [0.717, 1.165) is 5.56 Å². The van der Waals surface area contributed by atoms with Crippen LogP contribution in [-0.4, -0.2) is 27.3 Å². The Hall–Kier alpha value is -2.18. The van der Waals surface area contributed by atoms with Crippen LogP contribution in [0.3, 0.4) is 0 Å². The molecule has 1 N–H and O–H groups in total. The SMILES string of the molecule is COCc1cccc(Oc2nc(Cl)nc3[nH]ncc23)c1. The molecule has 0 fully saturated rings. The summed E-state index contributed by atoms with van der Waals surface area (Å²) in [5.41, 5.74) is 1.54. The van der Waals surface area contributed by atoms with Crippen LogP contribution in [-0.2, 0) is 11.3 Å². The highest BCUT2D eigenvalue weighted by atomic mass is 35.5. The lowest BCUT2D eigenvalue weighted by Gasteiger charge is -2.07. The molecule has 0 aliphatic heterocycles. The van der Waals surface area contributed by atoms with Crippen LogP contribution in [0.4, 0.5) is 0 Å². The summed E-state index contributed by atoms with van der Waals surface area (Å²) in [6.07, 6.45) is 1.60. The molecular weight excluding hydrogens is 280 g/mol. The van der Waals surface area contributed by atoms with E-state index in [0.29, 0.717) is 29.3 Å². The molecule has 0 spiro atoms. The van der Waals surface area contributed by atoms with Gasteiger partial charge in [-0.1, -0.05) is 12.1 Å². The Morgan fingerprint density at radius 2 is 2.20 bits per heavy atom. The van der Waals surface area contributed by atoms with Crippen molar-refractivity contribution in [3.63, 3.8) is 0 Å². The van der Waals surface area contributed by atoms with Gasteiger partial charge in [-0.3, -0.25) is 5.10 Å². The van der Waals surface area contributed by atoms with Crippen LogP contribution in [0.15, 0.2) is 30.5 Å². The molecule has 3 rings (SSSR count). The molecule has 102 valence electrons. The molecule has 20 heavy (non-hydrogen) atoms. The third-order valence-corrected chi connectivity index (χ3v) is 2.84. The highest BCUT2D eigenvalue weighted by molar-refractivity contribution is 6.28. The van der Waals surface area contributed by atoms with Gasteiger partial charge >= 0.3 is 0 Å². The summed E-state index contributed by atoms with van der Waals surface area (Å²) in [7, 11) is 1.65. The number of hydrogen-bond acceptors (Lipinski definition) is 5. The molecular formula is C13H11ClN4O2. The van der Waals surface area contributed by atoms with Crippen molar-refractivity contribution >= 4 is 22.6 Å². The largest absolute Gasteiger partial charge is 0.438 e. The van der Waals surface area contributed by atoms with E-state index < -0.39 is 0 Å². The maximum atomic E-state index is 5.86. The van der Waals surface area contributed by atoms with E-state index in [1.165, 1.54) is 0 Å². The first-order valence-electron chi connectivity index (χ1n) is 5.88. The van der Waals surface area contributed by atoms with Crippen LogP contribution in [0.2, 0.25) is 5.28 Å². The first-order chi connectivity index (χ1) is 9.76. The van der Waals surface area contributed by atoms with E-state index >= 15 is 0 Å². The summed E-state index contributed by atoms with van der Waals surface area (Å²) in [5, 5.41) is 7.41. The van der Waals surface area contributed by atoms with Gasteiger partial charge in [-0.05, 0) is 29.3 Å². The predicted octanol–water partition coefficient (Wildman–Crippen LogP) is 2.95. The molecule has 6 nitrogen and oxygen atoms in total. The topological polar surface area (TPSA) is 72.9 Å². The quantitative estimate of drug-likeness (QED) is 0.748. The highest BCUT2D eigenvalue weighted by Crippen LogP contribution is 2.27. The summed E-state index contributed by atoms with van der Waals surface area (Å²) in [6.45, 7) is 0.517. The van der Waals surface area contributed by atoms with Crippen molar-refractivity contribution in [2.45, 2.75) is 6.61 Å². The summed E-state index contributed by atoms with van der Waals surface area (Å²) in [4.78, 5) is 8.11. The fourth-order valence-corrected chi connectivity index (χ4v) is 2.00. The molecule has 0 saturated heterocycles. The molecule has 0 bridgehead atoms. The number of nitrogens with one attached hydrogen (secondary N) is 1. The van der Waals surface area contributed by atoms with Crippen molar-refractivity contribution in [3.05, 3.63) is 41.3 Å². The van der Waals surface area contributed by atoms with Crippen molar-refractivity contribution in [3.8, 4) is 11.6 Å². The molecule has 0 unspecified atom stereocenters. The Morgan fingerprint density at radius 1 is 1.30 bits per heavy atom. The fourth-order valence-electron chi connectivity index (χ4n) is 1.84. The van der Waals surface area contributed by atoms with Crippen LogP contribution < -0.4 is 4.74 Å². The minimum absolute atomic E-state index is 0.102. The van der Waals surface area contributed by atoms with Gasteiger partial charge in [0.1, 0.15) is 11.1 Å². The molecule has 0 saturated carbocycles. The van der Waals surface area contributed by atoms with Crippen LogP contribution in [0.1, 0.15) is 5.56 Å². The van der Waals surface area contributed by atoms with E-state index in [-0.39, 0.29) is 5.28 Å². The number of ether oxygens (including phenoxy) is 2. The van der Waals surface area contributed by atoms with Crippen LogP contribution in [0.25, 0.3) is 11.0 Å². The number of methoxy groups -OCH3 is 1. The molecule has 7 heteroatoms. The standard InChI is InChI=1S/C13H11ClN4O2/c1-19-7-8-3-2-4-9(5-8)20-12-10-6-15-18-11(10)16-13(14)17-12/h2-6H,7H2,1H3,(H,15,16,17,18). The van der Waals surface area contributed by atoms with E-state index in [1.54, 1.807) is 13.3 Å². The van der Waals surface area contributed by atoms with Gasteiger partial charge in [0.05, 0.1) is 12.8 Å². The van der Waals surface area contributed by atoms with Gasteiger partial charge in [0.15, 0.2) is 5.65 Å². The lowest BCUT2D eigenvalue weighted by Crippen LogP contribution is -1.93. The molecule has 0 radical (unpaired) electrons. The third-order valence-electron chi connectivity index (χ3n) is 2.67. The summed E-state index contributed by atoms with van der Waals surface area (Å²) in [6, 6.07) is 7.56. The lowest BCUT2D eigenvalue weighted by molar-refractivity contribution is 0.184. The van der Waals surface area contributed by atoms with Gasteiger partial charge in [-0.15, -0.1) is 0 Å². The average Bonchev–Trinajstić information content (AvgIpc) is 2.87. The van der Waals surface area contributed by atoms with Gasteiger partial charge in [0.2, 0.25) is 11.2 Å². The number of nitrogens with zero attached hydrogens (tertiary/aromatic N) is 3. The number of H-pyrrole nitrogens is 1. The number of benzene rings is 1. The zero-order chi connectivity index (χ0) is 13.9. The minimum atomic E-state index is 0.102. The second-order valence-corrected chi connectivity index (χ2v) is 4.45. The second kappa shape index (κ2) is 5.44. The van der Waals surface area contributed by atoms with Crippen molar-refractivity contribution in [1.82, 2.24) is 20.2 Å². The molecule has 0 amide bonds. The zero-order valence-electron chi connectivity index (χ0n) is 10.6. The Labute approximate surface area is 119 Å². The van der Waals surface area contributed by atoms with Crippen LogP contribution in [0, 0.1) is 0 Å². The Kier molecular flexibility index (Phi) is 3.49. The highest BCUT2D eigenvalue weighted by Gasteiger charge is 2.10. The molecule has 0 aliphatic rings. The van der Waals surface area contributed by atoms with Gasteiger partial charge in [-0.2, -0.15) is 15.1 Å². The molecule has 2 heterocycles. The number of fused-ring (bicyclic) bond motifs is 1. The first kappa shape index (κ1) is 12.8. The maximum Gasteiger partial charge on any atom is 0.234 e. The number of rotatable bonds is 4. The third kappa shape index (κ3) is 2.56. The van der Waals surface area contributed by atoms with Crippen LogP contribution >= 0.6 is 11.6 Å². The van der Waals surface area contributed by atoms with E-state index in [1.807, 2.05) is 24.3 Å². The van der Waals surface area contributed by atoms with E-state index in [2.05, 4.69) is 20.2 Å². The molecule has 0 aliphatic carbocycles. The van der Waals surface area contributed by atoms with Crippen molar-refractivity contribution in [2.75, 3.05) is 7.11 Å². The molecule has 3 aromatic rings. The molecule has 2 aromatic heterocycles. The van der Waals surface area contributed by atoms with E-state index in [9.17, 15) is 0 Å². The number of aromatic amines is 1. The second-order valence-electron chi connectivity index (χ2n) is 4.11. The summed E-state index contributed by atoms with van der Waals surface area (Å²) >= 11 is 5.86. The predicted molar refractivity (Wildman–Crippen MR) is 73.9 cm³/mol. The zero-order valence-corrected chi connectivity index (χ0v) is 11.4. The number of hydrogen-bond donors (Lipinski definition) is 1. The monoisotopic (exact) mass is 290 g/mol. The van der Waals surface area contributed by atoms with Crippen molar-refractivity contribution in [1.29, 1.82) is 0 Å². The van der Waals surface area contributed by atoms with Crippen molar-refractivity contribution in [2.24, 2.45) is 0 Å². The fraction of sp³-hybridized carbons (Fsp3) is 0.154. The normalized spacial score (nSPS) is 10.9.